The third-order valence-electron chi connectivity index (χ3n) is 2.80. The molecule has 0 aliphatic carbocycles. The van der Waals surface area contributed by atoms with Crippen LogP contribution in [0.15, 0.2) is 22.7 Å². The number of hydrogen-bond donors (Lipinski definition) is 1. The predicted octanol–water partition coefficient (Wildman–Crippen LogP) is 3.77. The largest absolute Gasteiger partial charge is 0.338 e. The Kier molecular flexibility index (Phi) is 4.80. The molecule has 0 amide bonds. The normalized spacial score (nSPS) is 12.6. The lowest BCUT2D eigenvalue weighted by Crippen LogP contribution is -2.10. The number of nitrogens with two attached hydrogens (primary N) is 1. The van der Waals surface area contributed by atoms with E-state index >= 15 is 0 Å². The van der Waals surface area contributed by atoms with E-state index in [-0.39, 0.29) is 6.04 Å². The van der Waals surface area contributed by atoms with E-state index in [1.54, 1.807) is 18.2 Å². The number of halogens is 2. The van der Waals surface area contributed by atoms with Crippen LogP contribution < -0.4 is 5.73 Å². The van der Waals surface area contributed by atoms with Crippen LogP contribution in [0.25, 0.3) is 0 Å². The molecule has 0 bridgehead atoms. The standard InChI is InChI=1S/C13H15Cl2N3O/c1-2-4-11(16)13-17-12(18-19-13)7-8-9(14)5-3-6-10(8)15/h3,5-6,11H,2,4,7,16H2,1H3/t11-/m1/s1. The summed E-state index contributed by atoms with van der Waals surface area (Å²) < 4.78 is 5.16. The molecule has 1 aromatic heterocycles. The van der Waals surface area contributed by atoms with Crippen molar-refractivity contribution in [1.82, 2.24) is 10.1 Å². The van der Waals surface area contributed by atoms with E-state index in [9.17, 15) is 0 Å². The van der Waals surface area contributed by atoms with Crippen molar-refractivity contribution in [2.75, 3.05) is 0 Å². The fraction of sp³-hybridized carbons (Fsp3) is 0.385. The Morgan fingerprint density at radius 1 is 1.32 bits per heavy atom. The lowest BCUT2D eigenvalue weighted by Gasteiger charge is -2.03. The first-order chi connectivity index (χ1) is 9.11. The van der Waals surface area contributed by atoms with E-state index in [0.29, 0.717) is 28.2 Å². The van der Waals surface area contributed by atoms with Crippen LogP contribution in [0, 0.1) is 0 Å². The minimum atomic E-state index is -0.215. The average Bonchev–Trinajstić information content (AvgIpc) is 2.83. The van der Waals surface area contributed by atoms with E-state index in [2.05, 4.69) is 17.1 Å². The molecule has 0 spiro atoms. The highest BCUT2D eigenvalue weighted by atomic mass is 35.5. The van der Waals surface area contributed by atoms with Gasteiger partial charge in [-0.05, 0) is 24.1 Å². The summed E-state index contributed by atoms with van der Waals surface area (Å²) in [7, 11) is 0. The summed E-state index contributed by atoms with van der Waals surface area (Å²) in [6.07, 6.45) is 2.21. The summed E-state index contributed by atoms with van der Waals surface area (Å²) in [5.74, 6) is 0.997. The Hall–Kier alpha value is -1.10. The SMILES string of the molecule is CCC[C@@H](N)c1nc(Cc2c(Cl)cccc2Cl)no1. The molecule has 6 heteroatoms. The number of rotatable bonds is 5. The van der Waals surface area contributed by atoms with E-state index in [0.717, 1.165) is 18.4 Å². The first-order valence-corrected chi connectivity index (χ1v) is 6.88. The second kappa shape index (κ2) is 6.37. The van der Waals surface area contributed by atoms with Crippen LogP contribution >= 0.6 is 23.2 Å². The highest BCUT2D eigenvalue weighted by Crippen LogP contribution is 2.26. The van der Waals surface area contributed by atoms with E-state index in [1.165, 1.54) is 0 Å². The average molecular weight is 300 g/mol. The molecule has 1 heterocycles. The zero-order valence-corrected chi connectivity index (χ0v) is 12.1. The zero-order valence-electron chi connectivity index (χ0n) is 10.6. The molecule has 0 saturated carbocycles. The Morgan fingerprint density at radius 2 is 2.00 bits per heavy atom. The van der Waals surface area contributed by atoms with Gasteiger partial charge in [0.15, 0.2) is 5.82 Å². The van der Waals surface area contributed by atoms with Gasteiger partial charge in [0.25, 0.3) is 0 Å². The Balaban J connectivity index is 2.16. The summed E-state index contributed by atoms with van der Waals surface area (Å²) in [5, 5.41) is 5.10. The summed E-state index contributed by atoms with van der Waals surface area (Å²) in [4.78, 5) is 4.29. The molecular formula is C13H15Cl2N3O. The van der Waals surface area contributed by atoms with Gasteiger partial charge >= 0.3 is 0 Å². The first-order valence-electron chi connectivity index (χ1n) is 6.12. The number of nitrogens with zero attached hydrogens (tertiary/aromatic N) is 2. The highest BCUT2D eigenvalue weighted by Gasteiger charge is 2.15. The Morgan fingerprint density at radius 3 is 2.63 bits per heavy atom. The van der Waals surface area contributed by atoms with Crippen molar-refractivity contribution >= 4 is 23.2 Å². The van der Waals surface area contributed by atoms with Crippen molar-refractivity contribution < 1.29 is 4.52 Å². The van der Waals surface area contributed by atoms with E-state index in [4.69, 9.17) is 33.5 Å². The lowest BCUT2D eigenvalue weighted by molar-refractivity contribution is 0.345. The predicted molar refractivity (Wildman–Crippen MR) is 75.4 cm³/mol. The van der Waals surface area contributed by atoms with Crippen LogP contribution in [-0.4, -0.2) is 10.1 Å². The molecule has 2 aromatic rings. The van der Waals surface area contributed by atoms with Gasteiger partial charge in [-0.2, -0.15) is 4.98 Å². The van der Waals surface area contributed by atoms with Crippen LogP contribution in [0.2, 0.25) is 10.0 Å². The molecule has 0 saturated heterocycles. The first kappa shape index (κ1) is 14.3. The third-order valence-corrected chi connectivity index (χ3v) is 3.51. The van der Waals surface area contributed by atoms with Gasteiger partial charge < -0.3 is 10.3 Å². The zero-order chi connectivity index (χ0) is 13.8. The fourth-order valence-electron chi connectivity index (χ4n) is 1.78. The van der Waals surface area contributed by atoms with E-state index in [1.807, 2.05) is 0 Å². The molecular weight excluding hydrogens is 285 g/mol. The minimum absolute atomic E-state index is 0.215. The van der Waals surface area contributed by atoms with Crippen LogP contribution in [0.3, 0.4) is 0 Å². The molecule has 19 heavy (non-hydrogen) atoms. The van der Waals surface area contributed by atoms with Crippen molar-refractivity contribution in [3.63, 3.8) is 0 Å². The van der Waals surface area contributed by atoms with Gasteiger partial charge in [0.2, 0.25) is 5.89 Å². The van der Waals surface area contributed by atoms with Crippen molar-refractivity contribution in [3.05, 3.63) is 45.5 Å². The van der Waals surface area contributed by atoms with Gasteiger partial charge in [-0.15, -0.1) is 0 Å². The molecule has 0 unspecified atom stereocenters. The fourth-order valence-corrected chi connectivity index (χ4v) is 2.31. The molecule has 102 valence electrons. The number of aromatic nitrogens is 2. The Bertz CT molecular complexity index is 536. The summed E-state index contributed by atoms with van der Waals surface area (Å²) in [6, 6.07) is 5.15. The number of benzene rings is 1. The molecule has 2 N–H and O–H groups in total. The van der Waals surface area contributed by atoms with Crippen LogP contribution in [0.5, 0.6) is 0 Å². The van der Waals surface area contributed by atoms with Crippen LogP contribution in [0.4, 0.5) is 0 Å². The van der Waals surface area contributed by atoms with Gasteiger partial charge in [-0.25, -0.2) is 0 Å². The highest BCUT2D eigenvalue weighted by molar-refractivity contribution is 6.36. The van der Waals surface area contributed by atoms with Crippen LogP contribution in [-0.2, 0) is 6.42 Å². The quantitative estimate of drug-likeness (QED) is 0.913. The van der Waals surface area contributed by atoms with Crippen molar-refractivity contribution in [3.8, 4) is 0 Å². The molecule has 2 rings (SSSR count). The molecule has 0 fully saturated rings. The van der Waals surface area contributed by atoms with Crippen molar-refractivity contribution in [1.29, 1.82) is 0 Å². The lowest BCUT2D eigenvalue weighted by atomic mass is 10.1. The van der Waals surface area contributed by atoms with Gasteiger partial charge in [-0.3, -0.25) is 0 Å². The maximum absolute atomic E-state index is 6.10. The minimum Gasteiger partial charge on any atom is -0.338 e. The molecule has 0 aliphatic rings. The third kappa shape index (κ3) is 3.47. The molecule has 0 radical (unpaired) electrons. The topological polar surface area (TPSA) is 64.9 Å². The van der Waals surface area contributed by atoms with Crippen molar-refractivity contribution in [2.45, 2.75) is 32.2 Å². The second-order valence-corrected chi connectivity index (χ2v) is 5.14. The van der Waals surface area contributed by atoms with Crippen LogP contribution in [0.1, 0.15) is 43.1 Å². The van der Waals surface area contributed by atoms with E-state index < -0.39 is 0 Å². The molecule has 0 aliphatic heterocycles. The second-order valence-electron chi connectivity index (χ2n) is 4.32. The molecule has 4 nitrogen and oxygen atoms in total. The maximum atomic E-state index is 6.10. The Labute approximate surface area is 121 Å². The molecule has 1 aromatic carbocycles. The number of hydrogen-bond acceptors (Lipinski definition) is 4. The van der Waals surface area contributed by atoms with Gasteiger partial charge in [-0.1, -0.05) is 47.8 Å². The molecule has 1 atom stereocenters. The summed E-state index contributed by atoms with van der Waals surface area (Å²) in [5.41, 5.74) is 6.72. The summed E-state index contributed by atoms with van der Waals surface area (Å²) in [6.45, 7) is 2.06. The van der Waals surface area contributed by atoms with Gasteiger partial charge in [0.05, 0.1) is 6.04 Å². The smallest absolute Gasteiger partial charge is 0.243 e. The van der Waals surface area contributed by atoms with Crippen molar-refractivity contribution in [2.24, 2.45) is 5.73 Å². The maximum Gasteiger partial charge on any atom is 0.243 e. The van der Waals surface area contributed by atoms with Gasteiger partial charge in [0.1, 0.15) is 0 Å². The van der Waals surface area contributed by atoms with Gasteiger partial charge in [0, 0.05) is 16.5 Å². The summed E-state index contributed by atoms with van der Waals surface area (Å²) >= 11 is 12.2. The monoisotopic (exact) mass is 299 g/mol.